The van der Waals surface area contributed by atoms with Crippen LogP contribution in [0.15, 0.2) is 54.6 Å². The third-order valence-electron chi connectivity index (χ3n) is 6.01. The third kappa shape index (κ3) is 5.86. The number of likely N-dealkylation sites (tertiary alicyclic amines) is 1. The van der Waals surface area contributed by atoms with Gasteiger partial charge in [-0.1, -0.05) is 6.07 Å². The lowest BCUT2D eigenvalue weighted by Gasteiger charge is -2.20. The number of benzene rings is 2. The molecule has 0 radical (unpaired) electrons. The van der Waals surface area contributed by atoms with Gasteiger partial charge in [0.15, 0.2) is 0 Å². The number of hydrogen-bond acceptors (Lipinski definition) is 5. The van der Waals surface area contributed by atoms with Crippen LogP contribution < -0.4 is 9.47 Å². The van der Waals surface area contributed by atoms with Crippen LogP contribution in [0.4, 0.5) is 13.2 Å². The van der Waals surface area contributed by atoms with Crippen LogP contribution in [-0.4, -0.2) is 40.8 Å². The molecule has 1 atom stereocenters. The minimum Gasteiger partial charge on any atom is -0.494 e. The van der Waals surface area contributed by atoms with Crippen LogP contribution in [0, 0.1) is 12.7 Å². The maximum absolute atomic E-state index is 14.4. The molecule has 2 heterocycles. The second-order valence-electron chi connectivity index (χ2n) is 8.61. The van der Waals surface area contributed by atoms with E-state index in [-0.39, 0.29) is 0 Å². The molecule has 4 rings (SSSR count). The molecule has 1 fully saturated rings. The first-order valence-corrected chi connectivity index (χ1v) is 11.5. The van der Waals surface area contributed by atoms with Crippen molar-refractivity contribution in [2.45, 2.75) is 45.3 Å². The molecular weight excluding hydrogens is 443 g/mol. The van der Waals surface area contributed by atoms with Crippen molar-refractivity contribution in [3.63, 3.8) is 0 Å². The lowest BCUT2D eigenvalue weighted by Crippen LogP contribution is -2.28. The molecule has 3 aromatic rings. The molecule has 1 aliphatic heterocycles. The van der Waals surface area contributed by atoms with Crippen molar-refractivity contribution >= 4 is 0 Å². The van der Waals surface area contributed by atoms with Crippen molar-refractivity contribution in [2.24, 2.45) is 0 Å². The Hall–Kier alpha value is -3.13. The first-order chi connectivity index (χ1) is 16.3. The molecule has 5 nitrogen and oxygen atoms in total. The molecule has 0 amide bonds. The zero-order valence-corrected chi connectivity index (χ0v) is 19.3. The van der Waals surface area contributed by atoms with Crippen molar-refractivity contribution in [1.82, 2.24) is 15.1 Å². The summed E-state index contributed by atoms with van der Waals surface area (Å²) in [6.07, 6.45) is -0.366. The first kappa shape index (κ1) is 24.0. The number of nitrogens with zero attached hydrogens (tertiary/aromatic N) is 3. The quantitative estimate of drug-likeness (QED) is 0.360. The van der Waals surface area contributed by atoms with Crippen molar-refractivity contribution < 1.29 is 22.6 Å². The van der Waals surface area contributed by atoms with Crippen LogP contribution in [0.3, 0.4) is 0 Å². The standard InChI is InChI=1S/C26H28F3N3O2/c1-18-6-11-22(23(27)17-18)26(28,29)34-25-13-12-24(30-31-25)20-7-9-21(10-8-20)33-16-4-15-32-14-3-5-19(32)2/h6-13,17,19H,3-5,14-16H2,1-2H3. The van der Waals surface area contributed by atoms with Crippen LogP contribution in [0.5, 0.6) is 11.6 Å². The van der Waals surface area contributed by atoms with E-state index in [4.69, 9.17) is 4.74 Å². The Kier molecular flexibility index (Phi) is 7.36. The number of aryl methyl sites for hydroxylation is 1. The SMILES string of the molecule is Cc1ccc(C(F)(F)Oc2ccc(-c3ccc(OCCCN4CCCC4C)cc3)nn2)c(F)c1. The molecule has 180 valence electrons. The van der Waals surface area contributed by atoms with E-state index in [1.807, 2.05) is 24.3 Å². The van der Waals surface area contributed by atoms with Gasteiger partial charge < -0.3 is 14.4 Å². The smallest absolute Gasteiger partial charge is 0.430 e. The lowest BCUT2D eigenvalue weighted by atomic mass is 10.1. The summed E-state index contributed by atoms with van der Waals surface area (Å²) in [7, 11) is 0. The van der Waals surface area contributed by atoms with Crippen LogP contribution in [0.2, 0.25) is 0 Å². The van der Waals surface area contributed by atoms with Gasteiger partial charge in [0.2, 0.25) is 5.88 Å². The summed E-state index contributed by atoms with van der Waals surface area (Å²) < 4.78 is 53.2. The fourth-order valence-corrected chi connectivity index (χ4v) is 4.08. The molecular formula is C26H28F3N3O2. The molecule has 2 aromatic carbocycles. The Morgan fingerprint density at radius 3 is 2.50 bits per heavy atom. The van der Waals surface area contributed by atoms with Gasteiger partial charge in [0.1, 0.15) is 17.1 Å². The van der Waals surface area contributed by atoms with Crippen LogP contribution >= 0.6 is 0 Å². The molecule has 1 aliphatic rings. The van der Waals surface area contributed by atoms with E-state index in [1.54, 1.807) is 6.92 Å². The van der Waals surface area contributed by atoms with Gasteiger partial charge in [-0.05, 0) is 87.7 Å². The van der Waals surface area contributed by atoms with Gasteiger partial charge in [-0.15, -0.1) is 10.2 Å². The van der Waals surface area contributed by atoms with E-state index in [9.17, 15) is 13.2 Å². The van der Waals surface area contributed by atoms with E-state index >= 15 is 0 Å². The molecule has 1 aromatic heterocycles. The zero-order valence-electron chi connectivity index (χ0n) is 19.3. The summed E-state index contributed by atoms with van der Waals surface area (Å²) in [5.41, 5.74) is 0.934. The van der Waals surface area contributed by atoms with E-state index in [0.717, 1.165) is 36.4 Å². The van der Waals surface area contributed by atoms with Crippen molar-refractivity contribution in [3.8, 4) is 22.9 Å². The van der Waals surface area contributed by atoms with Gasteiger partial charge in [0, 0.05) is 24.2 Å². The zero-order chi connectivity index (χ0) is 24.1. The highest BCUT2D eigenvalue weighted by Crippen LogP contribution is 2.33. The first-order valence-electron chi connectivity index (χ1n) is 11.5. The number of aromatic nitrogens is 2. The number of hydrogen-bond donors (Lipinski definition) is 0. The highest BCUT2D eigenvalue weighted by Gasteiger charge is 2.38. The van der Waals surface area contributed by atoms with Crippen molar-refractivity contribution in [2.75, 3.05) is 19.7 Å². The summed E-state index contributed by atoms with van der Waals surface area (Å²) in [5, 5.41) is 7.70. The van der Waals surface area contributed by atoms with Gasteiger partial charge in [0.25, 0.3) is 0 Å². The van der Waals surface area contributed by atoms with Crippen molar-refractivity contribution in [3.05, 3.63) is 71.5 Å². The molecule has 0 bridgehead atoms. The van der Waals surface area contributed by atoms with E-state index in [1.165, 1.54) is 37.6 Å². The molecule has 0 N–H and O–H groups in total. The van der Waals surface area contributed by atoms with Gasteiger partial charge in [-0.3, -0.25) is 0 Å². The van der Waals surface area contributed by atoms with Crippen LogP contribution in [0.1, 0.15) is 37.3 Å². The fraction of sp³-hybridized carbons (Fsp3) is 0.385. The second kappa shape index (κ2) is 10.4. The second-order valence-corrected chi connectivity index (χ2v) is 8.61. The Bertz CT molecular complexity index is 1090. The predicted molar refractivity (Wildman–Crippen MR) is 124 cm³/mol. The predicted octanol–water partition coefficient (Wildman–Crippen LogP) is 5.97. The molecule has 1 unspecified atom stereocenters. The maximum atomic E-state index is 14.4. The van der Waals surface area contributed by atoms with Crippen LogP contribution in [0.25, 0.3) is 11.3 Å². The number of alkyl halides is 2. The largest absolute Gasteiger partial charge is 0.494 e. The number of halogens is 3. The molecule has 8 heteroatoms. The lowest BCUT2D eigenvalue weighted by molar-refractivity contribution is -0.189. The van der Waals surface area contributed by atoms with Gasteiger partial charge in [0.05, 0.1) is 12.3 Å². The average Bonchev–Trinajstić information content (AvgIpc) is 3.22. The normalized spacial score (nSPS) is 16.6. The highest BCUT2D eigenvalue weighted by atomic mass is 19.3. The third-order valence-corrected chi connectivity index (χ3v) is 6.01. The maximum Gasteiger partial charge on any atom is 0.430 e. The minimum atomic E-state index is -3.88. The summed E-state index contributed by atoms with van der Waals surface area (Å²) >= 11 is 0. The van der Waals surface area contributed by atoms with Crippen LogP contribution in [-0.2, 0) is 6.11 Å². The number of ether oxygens (including phenoxy) is 2. The topological polar surface area (TPSA) is 47.5 Å². The monoisotopic (exact) mass is 471 g/mol. The minimum absolute atomic E-state index is 0.402. The molecule has 1 saturated heterocycles. The summed E-state index contributed by atoms with van der Waals surface area (Å²) in [6.45, 7) is 6.73. The molecule has 0 spiro atoms. The van der Waals surface area contributed by atoms with Gasteiger partial charge in [-0.25, -0.2) is 4.39 Å². The number of rotatable bonds is 9. The fourth-order valence-electron chi connectivity index (χ4n) is 4.08. The Balaban J connectivity index is 1.31. The van der Waals surface area contributed by atoms with E-state index in [0.29, 0.717) is 23.9 Å². The van der Waals surface area contributed by atoms with E-state index in [2.05, 4.69) is 26.8 Å². The summed E-state index contributed by atoms with van der Waals surface area (Å²) in [4.78, 5) is 2.49. The molecule has 0 saturated carbocycles. The highest BCUT2D eigenvalue weighted by molar-refractivity contribution is 5.59. The Labute approximate surface area is 197 Å². The van der Waals surface area contributed by atoms with Crippen molar-refractivity contribution in [1.29, 1.82) is 0 Å². The molecule has 34 heavy (non-hydrogen) atoms. The van der Waals surface area contributed by atoms with Gasteiger partial charge >= 0.3 is 6.11 Å². The van der Waals surface area contributed by atoms with Gasteiger partial charge in [-0.2, -0.15) is 8.78 Å². The average molecular weight is 472 g/mol. The summed E-state index contributed by atoms with van der Waals surface area (Å²) in [5.74, 6) is -0.686. The van der Waals surface area contributed by atoms with E-state index < -0.39 is 23.4 Å². The Morgan fingerprint density at radius 1 is 1.06 bits per heavy atom. The summed E-state index contributed by atoms with van der Waals surface area (Å²) in [6, 6.07) is 14.2. The molecule has 0 aliphatic carbocycles. The Morgan fingerprint density at radius 2 is 1.85 bits per heavy atom.